The minimum atomic E-state index is -0.581. The molecule has 0 heterocycles. The highest BCUT2D eigenvalue weighted by Gasteiger charge is 2.14. The van der Waals surface area contributed by atoms with Gasteiger partial charge in [-0.05, 0) is 24.1 Å². The second-order valence-electron chi connectivity index (χ2n) is 4.95. The van der Waals surface area contributed by atoms with E-state index in [0.29, 0.717) is 10.6 Å². The third kappa shape index (κ3) is 6.14. The molecule has 2 amide bonds. The standard InChI is InChI=1S/C15H21ClN2O3/c1-3-10(2)13(19)8-17-14(20)9-18-15(21)11-5-4-6-12(16)7-11/h4-7,10,13,19H,3,8-9H2,1-2H3,(H,17,20)(H,18,21). The Morgan fingerprint density at radius 1 is 1.33 bits per heavy atom. The summed E-state index contributed by atoms with van der Waals surface area (Å²) in [5.74, 6) is -0.589. The van der Waals surface area contributed by atoms with Gasteiger partial charge in [0.1, 0.15) is 0 Å². The Bertz CT molecular complexity index is 494. The molecule has 0 radical (unpaired) electrons. The summed E-state index contributed by atoms with van der Waals surface area (Å²) in [5.41, 5.74) is 0.398. The number of nitrogens with one attached hydrogen (secondary N) is 2. The monoisotopic (exact) mass is 312 g/mol. The molecule has 5 nitrogen and oxygen atoms in total. The molecule has 0 saturated heterocycles. The lowest BCUT2D eigenvalue weighted by Gasteiger charge is -2.17. The predicted octanol–water partition coefficient (Wildman–Crippen LogP) is 1.59. The molecule has 21 heavy (non-hydrogen) atoms. The number of hydrogen-bond donors (Lipinski definition) is 3. The molecule has 2 atom stereocenters. The lowest BCUT2D eigenvalue weighted by molar-refractivity contribution is -0.120. The molecular formula is C15H21ClN2O3. The van der Waals surface area contributed by atoms with Crippen LogP contribution in [0.3, 0.4) is 0 Å². The van der Waals surface area contributed by atoms with Gasteiger partial charge in [-0.15, -0.1) is 0 Å². The van der Waals surface area contributed by atoms with Crippen LogP contribution in [0, 0.1) is 5.92 Å². The third-order valence-corrected chi connectivity index (χ3v) is 3.54. The normalized spacial score (nSPS) is 13.3. The molecular weight excluding hydrogens is 292 g/mol. The highest BCUT2D eigenvalue weighted by molar-refractivity contribution is 6.30. The van der Waals surface area contributed by atoms with E-state index in [1.165, 1.54) is 6.07 Å². The molecule has 0 fully saturated rings. The minimum Gasteiger partial charge on any atom is -0.391 e. The van der Waals surface area contributed by atoms with Crippen molar-refractivity contribution >= 4 is 23.4 Å². The zero-order chi connectivity index (χ0) is 15.8. The van der Waals surface area contributed by atoms with Gasteiger partial charge in [0.2, 0.25) is 5.91 Å². The lowest BCUT2D eigenvalue weighted by atomic mass is 10.0. The van der Waals surface area contributed by atoms with Gasteiger partial charge in [-0.25, -0.2) is 0 Å². The topological polar surface area (TPSA) is 78.4 Å². The van der Waals surface area contributed by atoms with Crippen molar-refractivity contribution in [2.24, 2.45) is 5.92 Å². The van der Waals surface area contributed by atoms with Crippen molar-refractivity contribution in [1.29, 1.82) is 0 Å². The van der Waals surface area contributed by atoms with Crippen molar-refractivity contribution in [3.05, 3.63) is 34.9 Å². The fourth-order valence-corrected chi connectivity index (χ4v) is 1.84. The van der Waals surface area contributed by atoms with Crippen molar-refractivity contribution in [3.8, 4) is 0 Å². The van der Waals surface area contributed by atoms with E-state index in [1.54, 1.807) is 18.2 Å². The summed E-state index contributed by atoms with van der Waals surface area (Å²) in [4.78, 5) is 23.4. The van der Waals surface area contributed by atoms with Crippen LogP contribution in [-0.2, 0) is 4.79 Å². The number of halogens is 1. The van der Waals surface area contributed by atoms with E-state index in [9.17, 15) is 14.7 Å². The number of aliphatic hydroxyl groups is 1. The SMILES string of the molecule is CCC(C)C(O)CNC(=O)CNC(=O)c1cccc(Cl)c1. The van der Waals surface area contributed by atoms with Crippen LogP contribution in [0.5, 0.6) is 0 Å². The summed E-state index contributed by atoms with van der Waals surface area (Å²) >= 11 is 5.79. The predicted molar refractivity (Wildman–Crippen MR) is 82.3 cm³/mol. The second-order valence-corrected chi connectivity index (χ2v) is 5.39. The van der Waals surface area contributed by atoms with Crippen LogP contribution in [0.1, 0.15) is 30.6 Å². The molecule has 6 heteroatoms. The molecule has 0 spiro atoms. The smallest absolute Gasteiger partial charge is 0.251 e. The second kappa shape index (κ2) is 8.64. The first-order chi connectivity index (χ1) is 9.93. The Kier molecular flexibility index (Phi) is 7.19. The number of benzene rings is 1. The van der Waals surface area contributed by atoms with Crippen molar-refractivity contribution in [1.82, 2.24) is 10.6 Å². The van der Waals surface area contributed by atoms with Crippen LogP contribution in [0.15, 0.2) is 24.3 Å². The maximum atomic E-state index is 11.8. The summed E-state index contributed by atoms with van der Waals surface area (Å²) in [6.07, 6.45) is 0.255. The van der Waals surface area contributed by atoms with E-state index >= 15 is 0 Å². The number of rotatable bonds is 7. The molecule has 1 aromatic carbocycles. The number of carbonyl (C=O) groups is 2. The van der Waals surface area contributed by atoms with E-state index in [-0.39, 0.29) is 30.8 Å². The molecule has 0 saturated carbocycles. The molecule has 1 aromatic rings. The largest absolute Gasteiger partial charge is 0.391 e. The molecule has 0 aliphatic rings. The van der Waals surface area contributed by atoms with Crippen LogP contribution >= 0.6 is 11.6 Å². The fourth-order valence-electron chi connectivity index (χ4n) is 1.65. The van der Waals surface area contributed by atoms with Gasteiger partial charge in [0.25, 0.3) is 5.91 Å². The van der Waals surface area contributed by atoms with Gasteiger partial charge in [-0.3, -0.25) is 9.59 Å². The average molecular weight is 313 g/mol. The molecule has 0 bridgehead atoms. The van der Waals surface area contributed by atoms with Crippen molar-refractivity contribution in [2.45, 2.75) is 26.4 Å². The van der Waals surface area contributed by atoms with Gasteiger partial charge in [0.05, 0.1) is 12.6 Å². The Balaban J connectivity index is 2.34. The van der Waals surface area contributed by atoms with E-state index in [1.807, 2.05) is 13.8 Å². The van der Waals surface area contributed by atoms with Gasteiger partial charge in [-0.1, -0.05) is 37.9 Å². The van der Waals surface area contributed by atoms with Crippen LogP contribution in [0.25, 0.3) is 0 Å². The number of aliphatic hydroxyl groups excluding tert-OH is 1. The molecule has 116 valence electrons. The van der Waals surface area contributed by atoms with E-state index in [0.717, 1.165) is 6.42 Å². The van der Waals surface area contributed by atoms with Gasteiger partial charge in [0.15, 0.2) is 0 Å². The quantitative estimate of drug-likeness (QED) is 0.715. The van der Waals surface area contributed by atoms with Gasteiger partial charge >= 0.3 is 0 Å². The Hall–Kier alpha value is -1.59. The molecule has 0 aliphatic heterocycles. The molecule has 1 rings (SSSR count). The third-order valence-electron chi connectivity index (χ3n) is 3.31. The summed E-state index contributed by atoms with van der Waals surface area (Å²) in [6.45, 7) is 3.93. The van der Waals surface area contributed by atoms with E-state index in [4.69, 9.17) is 11.6 Å². The van der Waals surface area contributed by atoms with Crippen LogP contribution in [0.4, 0.5) is 0 Å². The zero-order valence-corrected chi connectivity index (χ0v) is 13.0. The number of carbonyl (C=O) groups excluding carboxylic acids is 2. The molecule has 0 aliphatic carbocycles. The maximum Gasteiger partial charge on any atom is 0.251 e. The molecule has 3 N–H and O–H groups in total. The van der Waals surface area contributed by atoms with Gasteiger partial charge in [0, 0.05) is 17.1 Å². The van der Waals surface area contributed by atoms with Gasteiger partial charge in [-0.2, -0.15) is 0 Å². The summed E-state index contributed by atoms with van der Waals surface area (Å²) in [5, 5.41) is 15.3. The van der Waals surface area contributed by atoms with E-state index < -0.39 is 6.10 Å². The van der Waals surface area contributed by atoms with Crippen LogP contribution < -0.4 is 10.6 Å². The first-order valence-corrected chi connectivity index (χ1v) is 7.30. The van der Waals surface area contributed by atoms with Crippen molar-refractivity contribution in [3.63, 3.8) is 0 Å². The zero-order valence-electron chi connectivity index (χ0n) is 12.2. The highest BCUT2D eigenvalue weighted by Crippen LogP contribution is 2.10. The summed E-state index contributed by atoms with van der Waals surface area (Å²) < 4.78 is 0. The van der Waals surface area contributed by atoms with Gasteiger partial charge < -0.3 is 15.7 Å². The summed E-state index contributed by atoms with van der Waals surface area (Å²) in [7, 11) is 0. The molecule has 0 aromatic heterocycles. The molecule has 2 unspecified atom stereocenters. The average Bonchev–Trinajstić information content (AvgIpc) is 2.49. The number of hydrogen-bond acceptors (Lipinski definition) is 3. The van der Waals surface area contributed by atoms with Crippen molar-refractivity contribution in [2.75, 3.05) is 13.1 Å². The minimum absolute atomic E-state index is 0.117. The highest BCUT2D eigenvalue weighted by atomic mass is 35.5. The first-order valence-electron chi connectivity index (χ1n) is 6.92. The van der Waals surface area contributed by atoms with E-state index in [2.05, 4.69) is 10.6 Å². The van der Waals surface area contributed by atoms with Crippen LogP contribution in [-0.4, -0.2) is 36.1 Å². The van der Waals surface area contributed by atoms with Crippen molar-refractivity contribution < 1.29 is 14.7 Å². The Morgan fingerprint density at radius 3 is 2.67 bits per heavy atom. The Labute approximate surface area is 129 Å². The number of amides is 2. The maximum absolute atomic E-state index is 11.8. The lowest BCUT2D eigenvalue weighted by Crippen LogP contribution is -2.41. The first kappa shape index (κ1) is 17.5. The fraction of sp³-hybridized carbons (Fsp3) is 0.467. The summed E-state index contributed by atoms with van der Waals surface area (Å²) in [6, 6.07) is 6.48. The van der Waals surface area contributed by atoms with Crippen LogP contribution in [0.2, 0.25) is 5.02 Å². The Morgan fingerprint density at radius 2 is 2.05 bits per heavy atom.